The molecule has 2 aromatic rings. The lowest BCUT2D eigenvalue weighted by molar-refractivity contribution is 0.0481. The van der Waals surface area contributed by atoms with E-state index in [1.165, 1.54) is 0 Å². The zero-order valence-electron chi connectivity index (χ0n) is 10.8. The first-order chi connectivity index (χ1) is 9.26. The van der Waals surface area contributed by atoms with E-state index in [1.807, 2.05) is 19.1 Å². The topological polar surface area (TPSA) is 74.5 Å². The average Bonchev–Trinajstić information content (AvgIpc) is 2.90. The smallest absolute Gasteiger partial charge is 0.396 e. The molecule has 6 heteroatoms. The minimum atomic E-state index is -0.629. The number of para-hydroxylation sites is 1. The van der Waals surface area contributed by atoms with Gasteiger partial charge in [0.2, 0.25) is 0 Å². The molecule has 0 bridgehead atoms. The average molecular weight is 262 g/mol. The van der Waals surface area contributed by atoms with E-state index >= 15 is 0 Å². The molecule has 0 aliphatic carbocycles. The first-order valence-electron chi connectivity index (χ1n) is 5.99. The Kier molecular flexibility index (Phi) is 4.12. The molecule has 0 saturated carbocycles. The van der Waals surface area contributed by atoms with E-state index in [4.69, 9.17) is 13.9 Å². The second-order valence-electron chi connectivity index (χ2n) is 3.56. The standard InChI is InChI=1S/C13H14N2O4/c1-3-17-10-8-6-5-7-9(10)11-14-15-12(19-11)13(16)18-4-2/h5-8H,3-4H2,1-2H3. The summed E-state index contributed by atoms with van der Waals surface area (Å²) in [6.45, 7) is 4.37. The molecule has 0 radical (unpaired) electrons. The molecule has 19 heavy (non-hydrogen) atoms. The van der Waals surface area contributed by atoms with Crippen LogP contribution < -0.4 is 4.74 Å². The van der Waals surface area contributed by atoms with E-state index in [-0.39, 0.29) is 18.4 Å². The van der Waals surface area contributed by atoms with Crippen molar-refractivity contribution in [3.05, 3.63) is 30.2 Å². The van der Waals surface area contributed by atoms with Gasteiger partial charge in [0.05, 0.1) is 18.8 Å². The maximum atomic E-state index is 11.5. The summed E-state index contributed by atoms with van der Waals surface area (Å²) in [5.74, 6) is 0.0643. The van der Waals surface area contributed by atoms with Gasteiger partial charge in [-0.05, 0) is 26.0 Å². The summed E-state index contributed by atoms with van der Waals surface area (Å²) in [4.78, 5) is 11.5. The molecule has 0 unspecified atom stereocenters. The normalized spacial score (nSPS) is 10.2. The lowest BCUT2D eigenvalue weighted by atomic mass is 10.2. The Balaban J connectivity index is 2.30. The van der Waals surface area contributed by atoms with Crippen molar-refractivity contribution in [2.24, 2.45) is 0 Å². The highest BCUT2D eigenvalue weighted by atomic mass is 16.5. The molecule has 2 rings (SSSR count). The maximum absolute atomic E-state index is 11.5. The van der Waals surface area contributed by atoms with Gasteiger partial charge in [0.1, 0.15) is 5.75 Å². The molecule has 6 nitrogen and oxygen atoms in total. The second-order valence-corrected chi connectivity index (χ2v) is 3.56. The number of carbonyl (C=O) groups excluding carboxylic acids is 1. The van der Waals surface area contributed by atoms with Gasteiger partial charge >= 0.3 is 11.9 Å². The zero-order chi connectivity index (χ0) is 13.7. The van der Waals surface area contributed by atoms with Crippen LogP contribution in [0.5, 0.6) is 5.75 Å². The van der Waals surface area contributed by atoms with E-state index in [0.29, 0.717) is 17.9 Å². The number of hydrogen-bond acceptors (Lipinski definition) is 6. The Morgan fingerprint density at radius 1 is 1.21 bits per heavy atom. The van der Waals surface area contributed by atoms with Crippen LogP contribution in [0.4, 0.5) is 0 Å². The van der Waals surface area contributed by atoms with E-state index in [0.717, 1.165) is 0 Å². The molecular weight excluding hydrogens is 248 g/mol. The molecule has 100 valence electrons. The molecule has 0 atom stereocenters. The van der Waals surface area contributed by atoms with E-state index in [1.54, 1.807) is 19.1 Å². The van der Waals surface area contributed by atoms with Crippen LogP contribution in [-0.2, 0) is 4.74 Å². The predicted molar refractivity (Wildman–Crippen MR) is 66.9 cm³/mol. The highest BCUT2D eigenvalue weighted by Gasteiger charge is 2.18. The SMILES string of the molecule is CCOC(=O)c1nnc(-c2ccccc2OCC)o1. The number of benzene rings is 1. The van der Waals surface area contributed by atoms with Gasteiger partial charge in [0.25, 0.3) is 5.89 Å². The van der Waals surface area contributed by atoms with Crippen LogP contribution in [0.2, 0.25) is 0 Å². The van der Waals surface area contributed by atoms with Gasteiger partial charge < -0.3 is 13.9 Å². The van der Waals surface area contributed by atoms with Crippen molar-refractivity contribution >= 4 is 5.97 Å². The Bertz CT molecular complexity index is 565. The summed E-state index contributed by atoms with van der Waals surface area (Å²) >= 11 is 0. The Hall–Kier alpha value is -2.37. The molecule has 0 amide bonds. The Morgan fingerprint density at radius 2 is 2.00 bits per heavy atom. The highest BCUT2D eigenvalue weighted by Crippen LogP contribution is 2.28. The third-order valence-corrected chi connectivity index (χ3v) is 2.29. The fourth-order valence-corrected chi connectivity index (χ4v) is 1.53. The number of nitrogens with zero attached hydrogens (tertiary/aromatic N) is 2. The minimum absolute atomic E-state index is 0.164. The molecule has 0 aliphatic heterocycles. The van der Waals surface area contributed by atoms with Gasteiger partial charge in [-0.3, -0.25) is 0 Å². The summed E-state index contributed by atoms with van der Waals surface area (Å²) in [5, 5.41) is 7.50. The van der Waals surface area contributed by atoms with Crippen LogP contribution in [0, 0.1) is 0 Å². The first kappa shape index (κ1) is 13.1. The van der Waals surface area contributed by atoms with E-state index in [2.05, 4.69) is 10.2 Å². The van der Waals surface area contributed by atoms with Gasteiger partial charge in [-0.15, -0.1) is 10.2 Å². The number of hydrogen-bond donors (Lipinski definition) is 0. The number of esters is 1. The predicted octanol–water partition coefficient (Wildman–Crippen LogP) is 2.31. The van der Waals surface area contributed by atoms with Crippen molar-refractivity contribution in [3.8, 4) is 17.2 Å². The maximum Gasteiger partial charge on any atom is 0.396 e. The van der Waals surface area contributed by atoms with Crippen LogP contribution >= 0.6 is 0 Å². The molecule has 1 heterocycles. The summed E-state index contributed by atoms with van der Waals surface area (Å²) in [6.07, 6.45) is 0. The largest absolute Gasteiger partial charge is 0.493 e. The quantitative estimate of drug-likeness (QED) is 0.770. The Morgan fingerprint density at radius 3 is 2.74 bits per heavy atom. The number of carbonyl (C=O) groups is 1. The summed E-state index contributed by atoms with van der Waals surface area (Å²) in [5.41, 5.74) is 0.646. The zero-order valence-corrected chi connectivity index (χ0v) is 10.8. The van der Waals surface area contributed by atoms with Gasteiger partial charge in [0, 0.05) is 0 Å². The van der Waals surface area contributed by atoms with E-state index in [9.17, 15) is 4.79 Å². The third kappa shape index (κ3) is 2.90. The minimum Gasteiger partial charge on any atom is -0.493 e. The van der Waals surface area contributed by atoms with Crippen molar-refractivity contribution in [3.63, 3.8) is 0 Å². The number of rotatable bonds is 5. The fourth-order valence-electron chi connectivity index (χ4n) is 1.53. The van der Waals surface area contributed by atoms with Crippen molar-refractivity contribution in [2.45, 2.75) is 13.8 Å². The van der Waals surface area contributed by atoms with Gasteiger partial charge in [-0.1, -0.05) is 12.1 Å². The molecule has 0 spiro atoms. The lowest BCUT2D eigenvalue weighted by Gasteiger charge is -2.05. The summed E-state index contributed by atoms with van der Waals surface area (Å²) in [7, 11) is 0. The number of ether oxygens (including phenoxy) is 2. The molecule has 1 aromatic heterocycles. The molecule has 1 aromatic carbocycles. The van der Waals surface area contributed by atoms with Crippen molar-refractivity contribution in [1.29, 1.82) is 0 Å². The summed E-state index contributed by atoms with van der Waals surface area (Å²) < 4.78 is 15.5. The Labute approximate surface area is 110 Å². The monoisotopic (exact) mass is 262 g/mol. The van der Waals surface area contributed by atoms with Gasteiger partial charge in [0.15, 0.2) is 0 Å². The highest BCUT2D eigenvalue weighted by molar-refractivity contribution is 5.84. The molecular formula is C13H14N2O4. The molecule has 0 N–H and O–H groups in total. The van der Waals surface area contributed by atoms with Gasteiger partial charge in [-0.25, -0.2) is 4.79 Å². The lowest BCUT2D eigenvalue weighted by Crippen LogP contribution is -2.04. The third-order valence-electron chi connectivity index (χ3n) is 2.29. The molecule has 0 fully saturated rings. The van der Waals surface area contributed by atoms with Crippen LogP contribution in [0.1, 0.15) is 24.5 Å². The van der Waals surface area contributed by atoms with Crippen LogP contribution in [-0.4, -0.2) is 29.4 Å². The van der Waals surface area contributed by atoms with E-state index < -0.39 is 5.97 Å². The van der Waals surface area contributed by atoms with Crippen LogP contribution in [0.25, 0.3) is 11.5 Å². The van der Waals surface area contributed by atoms with Crippen LogP contribution in [0.3, 0.4) is 0 Å². The van der Waals surface area contributed by atoms with Crippen LogP contribution in [0.15, 0.2) is 28.7 Å². The second kappa shape index (κ2) is 5.99. The molecule has 0 saturated heterocycles. The first-order valence-corrected chi connectivity index (χ1v) is 5.99. The molecule has 0 aliphatic rings. The fraction of sp³-hybridized carbons (Fsp3) is 0.308. The van der Waals surface area contributed by atoms with Crippen molar-refractivity contribution in [1.82, 2.24) is 10.2 Å². The van der Waals surface area contributed by atoms with Gasteiger partial charge in [-0.2, -0.15) is 0 Å². The number of aromatic nitrogens is 2. The van der Waals surface area contributed by atoms with Crippen molar-refractivity contribution < 1.29 is 18.7 Å². The summed E-state index contributed by atoms with van der Waals surface area (Å²) in [6, 6.07) is 7.25. The van der Waals surface area contributed by atoms with Crippen molar-refractivity contribution in [2.75, 3.05) is 13.2 Å².